The van der Waals surface area contributed by atoms with Crippen LogP contribution in [0.4, 0.5) is 4.79 Å². The van der Waals surface area contributed by atoms with Crippen molar-refractivity contribution in [3.05, 3.63) is 59.7 Å². The van der Waals surface area contributed by atoms with Gasteiger partial charge in [-0.25, -0.2) is 9.59 Å². The number of amides is 1. The minimum absolute atomic E-state index is 0.0605. The monoisotopic (exact) mass is 517 g/mol. The topological polar surface area (TPSA) is 111 Å². The number of hydrogen-bond donors (Lipinski definition) is 2. The highest BCUT2D eigenvalue weighted by molar-refractivity contribution is 7.53. The normalized spacial score (nSPS) is 14.6. The van der Waals surface area contributed by atoms with Gasteiger partial charge in [0.1, 0.15) is 12.6 Å². The van der Waals surface area contributed by atoms with Gasteiger partial charge in [-0.15, -0.1) is 0 Å². The number of hydrogen-bond acceptors (Lipinski definition) is 6. The Bertz CT molecular complexity index is 1080. The SMILES string of the molecule is CC(C)(C)OP(=O)(CC[C@H](NC(=O)OCC1c2ccccc2-c2ccccc21)C(=O)O)OC(C)(C)C. The number of carbonyl (C=O) groups excluding carboxylic acids is 1. The van der Waals surface area contributed by atoms with Crippen molar-refractivity contribution in [2.45, 2.75) is 71.1 Å². The number of ether oxygens (including phenoxy) is 1. The molecule has 8 nitrogen and oxygen atoms in total. The smallest absolute Gasteiger partial charge is 0.407 e. The predicted molar refractivity (Wildman–Crippen MR) is 138 cm³/mol. The molecule has 1 atom stereocenters. The third-order valence-electron chi connectivity index (χ3n) is 5.45. The second kappa shape index (κ2) is 10.8. The molecule has 0 heterocycles. The van der Waals surface area contributed by atoms with Crippen LogP contribution in [0.25, 0.3) is 11.1 Å². The maximum Gasteiger partial charge on any atom is 0.407 e. The Balaban J connectivity index is 1.65. The zero-order valence-corrected chi connectivity index (χ0v) is 22.6. The Morgan fingerprint density at radius 3 is 1.83 bits per heavy atom. The lowest BCUT2D eigenvalue weighted by molar-refractivity contribution is -0.139. The van der Waals surface area contributed by atoms with E-state index in [1.54, 1.807) is 41.5 Å². The maximum atomic E-state index is 13.4. The first-order valence-corrected chi connectivity index (χ1v) is 13.8. The van der Waals surface area contributed by atoms with Gasteiger partial charge < -0.3 is 24.2 Å². The molecule has 0 radical (unpaired) electrons. The Kier molecular flexibility index (Phi) is 8.33. The predicted octanol–water partition coefficient (Wildman–Crippen LogP) is 6.19. The molecule has 0 fully saturated rings. The lowest BCUT2D eigenvalue weighted by Crippen LogP contribution is -2.42. The van der Waals surface area contributed by atoms with Gasteiger partial charge in [0.05, 0.1) is 17.4 Å². The zero-order valence-electron chi connectivity index (χ0n) is 21.7. The van der Waals surface area contributed by atoms with Gasteiger partial charge in [0, 0.05) is 5.92 Å². The first-order valence-electron chi connectivity index (χ1n) is 12.0. The number of carboxylic acids is 1. The molecule has 0 spiro atoms. The van der Waals surface area contributed by atoms with Crippen molar-refractivity contribution >= 4 is 19.7 Å². The molecule has 1 amide bonds. The van der Waals surface area contributed by atoms with E-state index < -0.39 is 36.9 Å². The number of benzene rings is 2. The Morgan fingerprint density at radius 2 is 1.39 bits per heavy atom. The van der Waals surface area contributed by atoms with Gasteiger partial charge in [0.15, 0.2) is 0 Å². The van der Waals surface area contributed by atoms with Gasteiger partial charge in [0.25, 0.3) is 0 Å². The lowest BCUT2D eigenvalue weighted by atomic mass is 9.98. The summed E-state index contributed by atoms with van der Waals surface area (Å²) >= 11 is 0. The quantitative estimate of drug-likeness (QED) is 0.382. The summed E-state index contributed by atoms with van der Waals surface area (Å²) < 4.78 is 30.3. The van der Waals surface area contributed by atoms with Crippen molar-refractivity contribution in [2.24, 2.45) is 0 Å². The summed E-state index contributed by atoms with van der Waals surface area (Å²) in [4.78, 5) is 24.5. The van der Waals surface area contributed by atoms with E-state index in [0.29, 0.717) is 0 Å². The average molecular weight is 518 g/mol. The molecule has 0 saturated carbocycles. The van der Waals surface area contributed by atoms with Crippen LogP contribution >= 0.6 is 7.60 Å². The van der Waals surface area contributed by atoms with Crippen LogP contribution < -0.4 is 5.32 Å². The Hall–Kier alpha value is -2.67. The summed E-state index contributed by atoms with van der Waals surface area (Å²) in [6.07, 6.45) is -1.18. The fourth-order valence-electron chi connectivity index (χ4n) is 4.27. The highest BCUT2D eigenvalue weighted by atomic mass is 31.2. The van der Waals surface area contributed by atoms with E-state index in [0.717, 1.165) is 22.3 Å². The summed E-state index contributed by atoms with van der Waals surface area (Å²) in [6.45, 7) is 10.5. The van der Waals surface area contributed by atoms with E-state index >= 15 is 0 Å². The van der Waals surface area contributed by atoms with Gasteiger partial charge in [-0.2, -0.15) is 0 Å². The molecular formula is C27H36NO7P. The van der Waals surface area contributed by atoms with Crippen LogP contribution in [0.3, 0.4) is 0 Å². The van der Waals surface area contributed by atoms with Crippen LogP contribution in [0.5, 0.6) is 0 Å². The van der Waals surface area contributed by atoms with Crippen molar-refractivity contribution in [1.29, 1.82) is 0 Å². The van der Waals surface area contributed by atoms with E-state index in [1.807, 2.05) is 48.5 Å². The number of alkyl carbamates (subject to hydrolysis) is 1. The molecule has 2 aromatic carbocycles. The molecule has 1 aliphatic carbocycles. The van der Waals surface area contributed by atoms with Crippen LogP contribution in [-0.2, 0) is 23.1 Å². The third-order valence-corrected chi connectivity index (χ3v) is 7.91. The summed E-state index contributed by atoms with van der Waals surface area (Å²) in [5.74, 6) is -1.41. The Labute approximate surface area is 212 Å². The molecule has 0 bridgehead atoms. The number of aliphatic carboxylic acids is 1. The van der Waals surface area contributed by atoms with Crippen LogP contribution in [0.1, 0.15) is 65.0 Å². The number of carboxylic acid groups (broad SMARTS) is 1. The molecule has 1 aliphatic rings. The number of rotatable bonds is 9. The van der Waals surface area contributed by atoms with Crippen molar-refractivity contribution in [2.75, 3.05) is 12.8 Å². The van der Waals surface area contributed by atoms with Gasteiger partial charge in [-0.05, 0) is 70.2 Å². The van der Waals surface area contributed by atoms with Gasteiger partial charge in [-0.3, -0.25) is 4.57 Å². The summed E-state index contributed by atoms with van der Waals surface area (Å²) in [7, 11) is -3.66. The molecule has 9 heteroatoms. The highest BCUT2D eigenvalue weighted by Gasteiger charge is 2.37. The minimum Gasteiger partial charge on any atom is -0.480 e. The average Bonchev–Trinajstić information content (AvgIpc) is 3.06. The molecule has 196 valence electrons. The van der Waals surface area contributed by atoms with Crippen LogP contribution in [-0.4, -0.2) is 47.2 Å². The van der Waals surface area contributed by atoms with E-state index in [2.05, 4.69) is 5.32 Å². The van der Waals surface area contributed by atoms with Gasteiger partial charge >= 0.3 is 19.7 Å². The van der Waals surface area contributed by atoms with Crippen molar-refractivity contribution in [3.8, 4) is 11.1 Å². The molecular weight excluding hydrogens is 481 g/mol. The van der Waals surface area contributed by atoms with E-state index in [-0.39, 0.29) is 25.1 Å². The number of carbonyl (C=O) groups is 2. The zero-order chi connectivity index (χ0) is 26.7. The third kappa shape index (κ3) is 7.42. The minimum atomic E-state index is -3.66. The Morgan fingerprint density at radius 1 is 0.917 bits per heavy atom. The second-order valence-corrected chi connectivity index (χ2v) is 12.9. The summed E-state index contributed by atoms with van der Waals surface area (Å²) in [6, 6.07) is 14.6. The van der Waals surface area contributed by atoms with Gasteiger partial charge in [0.2, 0.25) is 0 Å². The standard InChI is InChI=1S/C27H36NO7P/c1-26(2,3)34-36(32,35-27(4,5)6)16-15-23(24(29)30)28-25(31)33-17-22-20-13-9-7-11-18(20)19-12-8-10-14-21(19)22/h7-14,22-23H,15-17H2,1-6H3,(H,28,31)(H,29,30)/t23-/m0/s1. The first-order chi connectivity index (χ1) is 16.7. The van der Waals surface area contributed by atoms with Crippen molar-refractivity contribution < 1.29 is 33.0 Å². The van der Waals surface area contributed by atoms with E-state index in [9.17, 15) is 19.3 Å². The molecule has 36 heavy (non-hydrogen) atoms. The molecule has 0 unspecified atom stereocenters. The van der Waals surface area contributed by atoms with Crippen LogP contribution in [0.15, 0.2) is 48.5 Å². The van der Waals surface area contributed by atoms with Crippen LogP contribution in [0, 0.1) is 0 Å². The molecule has 2 N–H and O–H groups in total. The van der Waals surface area contributed by atoms with E-state index in [4.69, 9.17) is 13.8 Å². The lowest BCUT2D eigenvalue weighted by Gasteiger charge is -2.32. The fourth-order valence-corrected chi connectivity index (χ4v) is 6.73. The van der Waals surface area contributed by atoms with Gasteiger partial charge in [-0.1, -0.05) is 48.5 Å². The first kappa shape index (κ1) is 27.9. The summed E-state index contributed by atoms with van der Waals surface area (Å²) in [5.41, 5.74) is 2.78. The second-order valence-electron chi connectivity index (χ2n) is 10.9. The largest absolute Gasteiger partial charge is 0.480 e. The van der Waals surface area contributed by atoms with Crippen molar-refractivity contribution in [1.82, 2.24) is 5.32 Å². The fraction of sp³-hybridized carbons (Fsp3) is 0.481. The number of fused-ring (bicyclic) bond motifs is 3. The molecule has 2 aromatic rings. The number of nitrogens with one attached hydrogen (secondary N) is 1. The van der Waals surface area contributed by atoms with Crippen molar-refractivity contribution in [3.63, 3.8) is 0 Å². The molecule has 0 aliphatic heterocycles. The van der Waals surface area contributed by atoms with E-state index in [1.165, 1.54) is 0 Å². The van der Waals surface area contributed by atoms with Crippen LogP contribution in [0.2, 0.25) is 0 Å². The molecule has 0 saturated heterocycles. The highest BCUT2D eigenvalue weighted by Crippen LogP contribution is 2.55. The summed E-state index contributed by atoms with van der Waals surface area (Å²) in [5, 5.41) is 12.1. The maximum absolute atomic E-state index is 13.4. The molecule has 0 aromatic heterocycles. The molecule has 3 rings (SSSR count).